The van der Waals surface area contributed by atoms with Crippen LogP contribution < -0.4 is 0 Å². The lowest BCUT2D eigenvalue weighted by Gasteiger charge is -2.14. The number of thiophene rings is 1. The smallest absolute Gasteiger partial charge is 0.263 e. The molecule has 0 aliphatic carbocycles. The third-order valence-electron chi connectivity index (χ3n) is 3.63. The summed E-state index contributed by atoms with van der Waals surface area (Å²) < 4.78 is 0. The third-order valence-corrected chi connectivity index (χ3v) is 6.78. The maximum absolute atomic E-state index is 12.4. The molecule has 18 heavy (non-hydrogen) atoms. The van der Waals surface area contributed by atoms with Crippen molar-refractivity contribution in [3.05, 3.63) is 21.4 Å². The second-order valence-corrected chi connectivity index (χ2v) is 7.81. The fraction of sp³-hybridized carbons (Fsp3) is 0.615. The van der Waals surface area contributed by atoms with Gasteiger partial charge in [0.05, 0.1) is 4.88 Å². The van der Waals surface area contributed by atoms with Gasteiger partial charge in [0.15, 0.2) is 0 Å². The van der Waals surface area contributed by atoms with Crippen molar-refractivity contribution in [3.8, 4) is 0 Å². The molecular weight excluding hydrogens is 330 g/mol. The van der Waals surface area contributed by atoms with Crippen LogP contribution in [-0.4, -0.2) is 35.0 Å². The number of likely N-dealkylation sites (tertiary alicyclic amines) is 1. The summed E-state index contributed by atoms with van der Waals surface area (Å²) in [4.78, 5) is 16.9. The minimum absolute atomic E-state index is 0.253. The number of amides is 1. The van der Waals surface area contributed by atoms with Gasteiger partial charge in [-0.1, -0.05) is 15.9 Å². The molecule has 5 heteroatoms. The lowest BCUT2D eigenvalue weighted by molar-refractivity contribution is 0.0793. The molecule has 2 aliphatic heterocycles. The molecule has 1 aromatic rings. The highest BCUT2D eigenvalue weighted by molar-refractivity contribution is 9.09. The Bertz CT molecular complexity index is 436. The molecule has 3 rings (SSSR count). The van der Waals surface area contributed by atoms with Crippen molar-refractivity contribution < 1.29 is 4.79 Å². The Hall–Kier alpha value is -0.000000000000000167. The van der Waals surface area contributed by atoms with Gasteiger partial charge in [-0.25, -0.2) is 0 Å². The number of alkyl halides is 1. The zero-order valence-corrected chi connectivity index (χ0v) is 13.4. The monoisotopic (exact) mass is 345 g/mol. The summed E-state index contributed by atoms with van der Waals surface area (Å²) in [7, 11) is 0. The van der Waals surface area contributed by atoms with Crippen molar-refractivity contribution in [3.63, 3.8) is 0 Å². The molecule has 2 aliphatic rings. The second-order valence-electron chi connectivity index (χ2n) is 4.92. The lowest BCUT2D eigenvalue weighted by atomic mass is 10.2. The highest BCUT2D eigenvalue weighted by atomic mass is 79.9. The summed E-state index contributed by atoms with van der Waals surface area (Å²) in [6, 6.07) is 2.13. The van der Waals surface area contributed by atoms with E-state index < -0.39 is 0 Å². The van der Waals surface area contributed by atoms with E-state index in [0.717, 1.165) is 41.9 Å². The number of aryl methyl sites for hydroxylation is 1. The number of fused-ring (bicyclic) bond motifs is 1. The quantitative estimate of drug-likeness (QED) is 0.765. The van der Waals surface area contributed by atoms with E-state index in [1.54, 1.807) is 11.3 Å². The van der Waals surface area contributed by atoms with Crippen LogP contribution in [0.1, 0.15) is 26.5 Å². The van der Waals surface area contributed by atoms with Crippen LogP contribution in [0, 0.1) is 5.92 Å². The molecule has 0 saturated carbocycles. The SMILES string of the molecule is O=C(c1cc2c(s1)CCSC2)N1CCC(CBr)C1. The van der Waals surface area contributed by atoms with E-state index >= 15 is 0 Å². The summed E-state index contributed by atoms with van der Waals surface area (Å²) in [6.45, 7) is 1.84. The van der Waals surface area contributed by atoms with Gasteiger partial charge in [0, 0.05) is 29.0 Å². The van der Waals surface area contributed by atoms with Crippen LogP contribution >= 0.6 is 39.0 Å². The standard InChI is InChI=1S/C13H16BrNOS2/c14-6-9-1-3-15(7-9)13(16)12-5-10-8-17-4-2-11(10)18-12/h5,9H,1-4,6-8H2. The maximum Gasteiger partial charge on any atom is 0.263 e. The van der Waals surface area contributed by atoms with E-state index in [0.29, 0.717) is 5.92 Å². The van der Waals surface area contributed by atoms with E-state index in [1.807, 2.05) is 16.7 Å². The van der Waals surface area contributed by atoms with Crippen molar-refractivity contribution in [1.29, 1.82) is 0 Å². The van der Waals surface area contributed by atoms with E-state index in [-0.39, 0.29) is 5.91 Å². The summed E-state index contributed by atoms with van der Waals surface area (Å²) >= 11 is 7.21. The van der Waals surface area contributed by atoms with Crippen LogP contribution in [0.5, 0.6) is 0 Å². The van der Waals surface area contributed by atoms with Crippen molar-refractivity contribution in [2.45, 2.75) is 18.6 Å². The molecule has 0 spiro atoms. The Kier molecular flexibility index (Phi) is 4.01. The minimum Gasteiger partial charge on any atom is -0.338 e. The first-order valence-electron chi connectivity index (χ1n) is 6.32. The molecule has 0 bridgehead atoms. The van der Waals surface area contributed by atoms with Crippen LogP contribution in [-0.2, 0) is 12.2 Å². The van der Waals surface area contributed by atoms with Crippen LogP contribution in [0.3, 0.4) is 0 Å². The average molecular weight is 346 g/mol. The number of nitrogens with zero attached hydrogens (tertiary/aromatic N) is 1. The molecule has 1 aromatic heterocycles. The van der Waals surface area contributed by atoms with Gasteiger partial charge < -0.3 is 4.90 Å². The minimum atomic E-state index is 0.253. The van der Waals surface area contributed by atoms with E-state index in [2.05, 4.69) is 22.0 Å². The molecule has 0 N–H and O–H groups in total. The largest absolute Gasteiger partial charge is 0.338 e. The van der Waals surface area contributed by atoms with E-state index in [9.17, 15) is 4.79 Å². The molecule has 0 aromatic carbocycles. The van der Waals surface area contributed by atoms with Gasteiger partial charge in [0.25, 0.3) is 5.91 Å². The topological polar surface area (TPSA) is 20.3 Å². The van der Waals surface area contributed by atoms with Gasteiger partial charge in [-0.3, -0.25) is 4.79 Å². The zero-order chi connectivity index (χ0) is 12.5. The number of halogens is 1. The van der Waals surface area contributed by atoms with Crippen molar-refractivity contribution in [2.75, 3.05) is 24.2 Å². The van der Waals surface area contributed by atoms with Gasteiger partial charge >= 0.3 is 0 Å². The summed E-state index contributed by atoms with van der Waals surface area (Å²) in [5.74, 6) is 3.18. The van der Waals surface area contributed by atoms with Gasteiger partial charge in [-0.2, -0.15) is 11.8 Å². The first kappa shape index (κ1) is 13.0. The molecule has 1 unspecified atom stereocenters. The number of carbonyl (C=O) groups is 1. The Balaban J connectivity index is 1.74. The molecule has 1 saturated heterocycles. The summed E-state index contributed by atoms with van der Waals surface area (Å²) in [5.41, 5.74) is 1.40. The number of carbonyl (C=O) groups excluding carboxylic acids is 1. The fourth-order valence-electron chi connectivity index (χ4n) is 2.55. The average Bonchev–Trinajstić information content (AvgIpc) is 3.04. The Morgan fingerprint density at radius 2 is 2.44 bits per heavy atom. The van der Waals surface area contributed by atoms with Crippen molar-refractivity contribution in [2.24, 2.45) is 5.92 Å². The highest BCUT2D eigenvalue weighted by Gasteiger charge is 2.28. The summed E-state index contributed by atoms with van der Waals surface area (Å²) in [5, 5.41) is 1.01. The normalized spacial score (nSPS) is 23.2. The molecule has 1 atom stereocenters. The second kappa shape index (κ2) is 5.55. The van der Waals surface area contributed by atoms with Gasteiger partial charge in [0.1, 0.15) is 0 Å². The molecule has 2 nitrogen and oxygen atoms in total. The predicted octanol–water partition coefficient (Wildman–Crippen LogP) is 3.39. The highest BCUT2D eigenvalue weighted by Crippen LogP contribution is 2.33. The Morgan fingerprint density at radius 1 is 1.56 bits per heavy atom. The van der Waals surface area contributed by atoms with Gasteiger partial charge in [-0.05, 0) is 36.1 Å². The van der Waals surface area contributed by atoms with Crippen molar-refractivity contribution >= 4 is 44.9 Å². The fourth-order valence-corrected chi connectivity index (χ4v) is 5.42. The Labute approximate surface area is 124 Å². The number of thioether (sulfide) groups is 1. The maximum atomic E-state index is 12.4. The lowest BCUT2D eigenvalue weighted by Crippen LogP contribution is -2.28. The molecule has 98 valence electrons. The molecule has 0 radical (unpaired) electrons. The molecule has 1 amide bonds. The molecule has 1 fully saturated rings. The van der Waals surface area contributed by atoms with E-state index in [1.165, 1.54) is 16.2 Å². The zero-order valence-electron chi connectivity index (χ0n) is 10.2. The van der Waals surface area contributed by atoms with Gasteiger partial charge in [-0.15, -0.1) is 11.3 Å². The number of hydrogen-bond donors (Lipinski definition) is 0. The van der Waals surface area contributed by atoms with Crippen LogP contribution in [0.15, 0.2) is 6.07 Å². The van der Waals surface area contributed by atoms with Crippen molar-refractivity contribution in [1.82, 2.24) is 4.90 Å². The number of rotatable bonds is 2. The summed E-state index contributed by atoms with van der Waals surface area (Å²) in [6.07, 6.45) is 2.28. The molecular formula is C13H16BrNOS2. The van der Waals surface area contributed by atoms with Crippen LogP contribution in [0.25, 0.3) is 0 Å². The number of hydrogen-bond acceptors (Lipinski definition) is 3. The predicted molar refractivity (Wildman–Crippen MR) is 82.0 cm³/mol. The first-order chi connectivity index (χ1) is 8.78. The Morgan fingerprint density at radius 3 is 3.17 bits per heavy atom. The van der Waals surface area contributed by atoms with Gasteiger partial charge in [0.2, 0.25) is 0 Å². The third kappa shape index (κ3) is 2.49. The van der Waals surface area contributed by atoms with Crippen LogP contribution in [0.4, 0.5) is 0 Å². The van der Waals surface area contributed by atoms with E-state index in [4.69, 9.17) is 0 Å². The van der Waals surface area contributed by atoms with Crippen LogP contribution in [0.2, 0.25) is 0 Å². The molecule has 3 heterocycles. The first-order valence-corrected chi connectivity index (χ1v) is 9.41.